The van der Waals surface area contributed by atoms with E-state index >= 15 is 0 Å². The number of amides is 2. The number of hydrogen-bond acceptors (Lipinski definition) is 6. The fourth-order valence-corrected chi connectivity index (χ4v) is 5.36. The van der Waals surface area contributed by atoms with Crippen LogP contribution in [0.25, 0.3) is 6.08 Å². The van der Waals surface area contributed by atoms with Gasteiger partial charge in [-0.25, -0.2) is 0 Å². The van der Waals surface area contributed by atoms with E-state index in [2.05, 4.69) is 11.4 Å². The number of benzene rings is 2. The number of carbonyl (C=O) groups is 2. The molecule has 1 aromatic heterocycles. The fourth-order valence-electron chi connectivity index (χ4n) is 4.45. The highest BCUT2D eigenvalue weighted by atomic mass is 32.1. The SMILES string of the molecule is COc1ccc(C2c3ccsc3CCN2C(=O)CN(C(=O)C=Cc2ccc([N+](=O)[O-])cc2)C(C)C)cc1. The molecule has 2 aromatic carbocycles. The molecule has 1 aliphatic rings. The van der Waals surface area contributed by atoms with Gasteiger partial charge in [-0.3, -0.25) is 19.7 Å². The Morgan fingerprint density at radius 2 is 1.86 bits per heavy atom. The van der Waals surface area contributed by atoms with Crippen LogP contribution in [-0.2, 0) is 16.0 Å². The smallest absolute Gasteiger partial charge is 0.269 e. The van der Waals surface area contributed by atoms with E-state index in [1.54, 1.807) is 41.6 Å². The minimum Gasteiger partial charge on any atom is -0.497 e. The third-order valence-corrected chi connectivity index (χ3v) is 7.45. The Hall–Kier alpha value is -3.98. The van der Waals surface area contributed by atoms with Crippen LogP contribution in [0.5, 0.6) is 5.75 Å². The summed E-state index contributed by atoms with van der Waals surface area (Å²) in [6.45, 7) is 4.27. The maximum Gasteiger partial charge on any atom is 0.269 e. The molecule has 0 fully saturated rings. The van der Waals surface area contributed by atoms with Gasteiger partial charge in [0.15, 0.2) is 0 Å². The number of thiophene rings is 1. The molecule has 0 aliphatic carbocycles. The van der Waals surface area contributed by atoms with Gasteiger partial charge in [-0.2, -0.15) is 0 Å². The number of fused-ring (bicyclic) bond motifs is 1. The highest BCUT2D eigenvalue weighted by Gasteiger charge is 2.34. The van der Waals surface area contributed by atoms with Crippen molar-refractivity contribution < 1.29 is 19.2 Å². The molecule has 1 unspecified atom stereocenters. The second kappa shape index (κ2) is 11.4. The molecule has 3 aromatic rings. The predicted molar refractivity (Wildman–Crippen MR) is 144 cm³/mol. The third kappa shape index (κ3) is 5.89. The van der Waals surface area contributed by atoms with E-state index in [9.17, 15) is 19.7 Å². The normalized spacial score (nSPS) is 15.0. The average Bonchev–Trinajstić information content (AvgIpc) is 3.39. The molecule has 0 radical (unpaired) electrons. The fraction of sp³-hybridized carbons (Fsp3) is 0.286. The van der Waals surface area contributed by atoms with Crippen molar-refractivity contribution in [2.75, 3.05) is 20.2 Å². The van der Waals surface area contributed by atoms with Crippen molar-refractivity contribution in [3.05, 3.63) is 97.7 Å². The van der Waals surface area contributed by atoms with E-state index in [0.717, 1.165) is 23.3 Å². The highest BCUT2D eigenvalue weighted by Crippen LogP contribution is 2.38. The summed E-state index contributed by atoms with van der Waals surface area (Å²) in [5.41, 5.74) is 2.76. The molecule has 4 rings (SSSR count). The van der Waals surface area contributed by atoms with E-state index in [1.165, 1.54) is 23.1 Å². The summed E-state index contributed by atoms with van der Waals surface area (Å²) in [6, 6.07) is 15.3. The number of nitrogens with zero attached hydrogens (tertiary/aromatic N) is 3. The summed E-state index contributed by atoms with van der Waals surface area (Å²) in [4.78, 5) is 41.8. The Morgan fingerprint density at radius 1 is 1.16 bits per heavy atom. The van der Waals surface area contributed by atoms with E-state index in [1.807, 2.05) is 43.0 Å². The monoisotopic (exact) mass is 519 g/mol. The minimum absolute atomic E-state index is 0.0143. The number of hydrogen-bond donors (Lipinski definition) is 0. The van der Waals surface area contributed by atoms with Crippen molar-refractivity contribution in [3.8, 4) is 5.75 Å². The molecule has 8 nitrogen and oxygen atoms in total. The summed E-state index contributed by atoms with van der Waals surface area (Å²) in [6.07, 6.45) is 3.79. The second-order valence-electron chi connectivity index (χ2n) is 9.05. The van der Waals surface area contributed by atoms with Gasteiger partial charge in [0.25, 0.3) is 5.69 Å². The van der Waals surface area contributed by atoms with E-state index < -0.39 is 4.92 Å². The number of rotatable bonds is 8. The molecule has 0 N–H and O–H groups in total. The maximum absolute atomic E-state index is 13.7. The van der Waals surface area contributed by atoms with E-state index in [4.69, 9.17) is 4.74 Å². The number of methoxy groups -OCH3 is 1. The topological polar surface area (TPSA) is 93.0 Å². The number of nitro groups is 1. The molecule has 0 spiro atoms. The van der Waals surface area contributed by atoms with Gasteiger partial charge in [-0.15, -0.1) is 11.3 Å². The van der Waals surface area contributed by atoms with Crippen molar-refractivity contribution in [2.45, 2.75) is 32.4 Å². The summed E-state index contributed by atoms with van der Waals surface area (Å²) in [5.74, 6) is 0.332. The molecule has 2 heterocycles. The zero-order chi connectivity index (χ0) is 26.5. The Morgan fingerprint density at radius 3 is 2.49 bits per heavy atom. The minimum atomic E-state index is -0.469. The molecule has 1 atom stereocenters. The molecule has 9 heteroatoms. The van der Waals surface area contributed by atoms with Crippen LogP contribution in [0.3, 0.4) is 0 Å². The Balaban J connectivity index is 1.53. The van der Waals surface area contributed by atoms with Crippen LogP contribution >= 0.6 is 11.3 Å². The van der Waals surface area contributed by atoms with Crippen LogP contribution in [0, 0.1) is 10.1 Å². The van der Waals surface area contributed by atoms with Gasteiger partial charge < -0.3 is 14.5 Å². The van der Waals surface area contributed by atoms with Gasteiger partial charge in [0.05, 0.1) is 18.1 Å². The molecule has 0 saturated carbocycles. The summed E-state index contributed by atoms with van der Waals surface area (Å²) < 4.78 is 5.30. The lowest BCUT2D eigenvalue weighted by atomic mass is 9.93. The molecule has 0 bridgehead atoms. The summed E-state index contributed by atoms with van der Waals surface area (Å²) >= 11 is 1.70. The van der Waals surface area contributed by atoms with Gasteiger partial charge in [-0.1, -0.05) is 12.1 Å². The first kappa shape index (κ1) is 26.1. The first-order chi connectivity index (χ1) is 17.8. The van der Waals surface area contributed by atoms with Crippen LogP contribution < -0.4 is 4.74 Å². The lowest BCUT2D eigenvalue weighted by Gasteiger charge is -2.38. The van der Waals surface area contributed by atoms with Gasteiger partial charge in [0.2, 0.25) is 11.8 Å². The Labute approximate surface area is 219 Å². The molecule has 37 heavy (non-hydrogen) atoms. The van der Waals surface area contributed by atoms with Crippen molar-refractivity contribution in [1.82, 2.24) is 9.80 Å². The zero-order valence-corrected chi connectivity index (χ0v) is 21.8. The number of ether oxygens (including phenoxy) is 1. The zero-order valence-electron chi connectivity index (χ0n) is 21.0. The second-order valence-corrected chi connectivity index (χ2v) is 10.1. The largest absolute Gasteiger partial charge is 0.497 e. The molecular formula is C28H29N3O5S. The number of non-ortho nitro benzene ring substituents is 1. The molecule has 1 aliphatic heterocycles. The summed E-state index contributed by atoms with van der Waals surface area (Å²) in [7, 11) is 1.62. The van der Waals surface area contributed by atoms with Crippen LogP contribution in [0.2, 0.25) is 0 Å². The van der Waals surface area contributed by atoms with Crippen LogP contribution in [-0.4, -0.2) is 52.8 Å². The quantitative estimate of drug-likeness (QED) is 0.235. The van der Waals surface area contributed by atoms with Crippen molar-refractivity contribution >= 4 is 34.9 Å². The van der Waals surface area contributed by atoms with E-state index in [-0.39, 0.29) is 36.1 Å². The predicted octanol–water partition coefficient (Wildman–Crippen LogP) is 5.09. The lowest BCUT2D eigenvalue weighted by Crippen LogP contribution is -2.48. The van der Waals surface area contributed by atoms with Gasteiger partial charge in [0, 0.05) is 35.7 Å². The van der Waals surface area contributed by atoms with Gasteiger partial charge in [-0.05, 0) is 78.7 Å². The van der Waals surface area contributed by atoms with Crippen LogP contribution in [0.15, 0.2) is 66.1 Å². The Kier molecular flexibility index (Phi) is 8.03. The van der Waals surface area contributed by atoms with Crippen molar-refractivity contribution in [1.29, 1.82) is 0 Å². The van der Waals surface area contributed by atoms with Crippen molar-refractivity contribution in [3.63, 3.8) is 0 Å². The summed E-state index contributed by atoms with van der Waals surface area (Å²) in [5, 5.41) is 12.9. The highest BCUT2D eigenvalue weighted by molar-refractivity contribution is 7.10. The third-order valence-electron chi connectivity index (χ3n) is 6.45. The van der Waals surface area contributed by atoms with Gasteiger partial charge in [0.1, 0.15) is 12.3 Å². The lowest BCUT2D eigenvalue weighted by molar-refractivity contribution is -0.384. The Bertz CT molecular complexity index is 1300. The van der Waals surface area contributed by atoms with Crippen LogP contribution in [0.1, 0.15) is 41.5 Å². The number of nitro benzene ring substituents is 1. The average molecular weight is 520 g/mol. The molecule has 0 saturated heterocycles. The van der Waals surface area contributed by atoms with E-state index in [0.29, 0.717) is 12.1 Å². The first-order valence-electron chi connectivity index (χ1n) is 12.0. The molecule has 2 amide bonds. The maximum atomic E-state index is 13.7. The standard InChI is InChI=1S/C28H29N3O5S/c1-19(2)30(26(32)13-6-20-4-9-22(10-5-20)31(34)35)18-27(33)29-16-14-25-24(15-17-37-25)28(29)21-7-11-23(36-3)12-8-21/h4-13,15,17,19,28H,14,16,18H2,1-3H3. The number of carbonyl (C=O) groups excluding carboxylic acids is 2. The molecular weight excluding hydrogens is 490 g/mol. The van der Waals surface area contributed by atoms with Crippen molar-refractivity contribution in [2.24, 2.45) is 0 Å². The van der Waals surface area contributed by atoms with Crippen LogP contribution in [0.4, 0.5) is 5.69 Å². The van der Waals surface area contributed by atoms with Gasteiger partial charge >= 0.3 is 0 Å². The molecule has 192 valence electrons. The first-order valence-corrected chi connectivity index (χ1v) is 12.9.